The molecule has 0 atom stereocenters. The third-order valence-electron chi connectivity index (χ3n) is 1.39. The second kappa shape index (κ2) is 7.28. The van der Waals surface area contributed by atoms with E-state index in [0.29, 0.717) is 0 Å². The van der Waals surface area contributed by atoms with Gasteiger partial charge in [-0.2, -0.15) is 0 Å². The minimum Gasteiger partial charge on any atom is -0.370 e. The van der Waals surface area contributed by atoms with E-state index in [1.807, 2.05) is 0 Å². The van der Waals surface area contributed by atoms with E-state index in [1.54, 1.807) is 0 Å². The molecular formula is C10H10O3S2. The highest BCUT2D eigenvalue weighted by Gasteiger charge is 2.08. The molecule has 5 heteroatoms. The van der Waals surface area contributed by atoms with Crippen molar-refractivity contribution >= 4 is 45.7 Å². The average molecular weight is 242 g/mol. The Balaban J connectivity index is 3.90. The van der Waals surface area contributed by atoms with Crippen LogP contribution in [0.5, 0.6) is 0 Å². The van der Waals surface area contributed by atoms with Gasteiger partial charge in [-0.25, -0.2) is 0 Å². The minimum atomic E-state index is -0.356. The summed E-state index contributed by atoms with van der Waals surface area (Å²) in [6.45, 7) is 6.49. The second-order valence-corrected chi connectivity index (χ2v) is 3.46. The lowest BCUT2D eigenvalue weighted by Crippen LogP contribution is -2.21. The third-order valence-corrected chi connectivity index (χ3v) is 2.02. The lowest BCUT2D eigenvalue weighted by atomic mass is 10.3. The number of rotatable bonds is 8. The van der Waals surface area contributed by atoms with E-state index in [0.717, 1.165) is 12.2 Å². The summed E-state index contributed by atoms with van der Waals surface area (Å²) in [6.07, 6.45) is 2.22. The van der Waals surface area contributed by atoms with Crippen molar-refractivity contribution in [3.8, 4) is 0 Å². The molecule has 15 heavy (non-hydrogen) atoms. The molecule has 0 aliphatic heterocycles. The van der Waals surface area contributed by atoms with Crippen LogP contribution in [0.2, 0.25) is 0 Å². The van der Waals surface area contributed by atoms with Crippen LogP contribution in [-0.4, -0.2) is 34.5 Å². The van der Waals surface area contributed by atoms with Crippen molar-refractivity contribution in [2.45, 2.75) is 0 Å². The summed E-state index contributed by atoms with van der Waals surface area (Å²) in [7, 11) is 0. The van der Waals surface area contributed by atoms with Gasteiger partial charge in [0.05, 0.1) is 22.9 Å². The first-order valence-corrected chi connectivity index (χ1v) is 4.81. The zero-order valence-electron chi connectivity index (χ0n) is 8.02. The van der Waals surface area contributed by atoms with E-state index in [-0.39, 0.29) is 34.5 Å². The summed E-state index contributed by atoms with van der Waals surface area (Å²) < 4.78 is 4.98. The SMILES string of the molecule is C=CC(=O)C(=S)COCC(=S)C(=O)C=C. The van der Waals surface area contributed by atoms with Crippen LogP contribution in [0.4, 0.5) is 0 Å². The van der Waals surface area contributed by atoms with Crippen molar-refractivity contribution < 1.29 is 14.3 Å². The molecule has 0 aromatic rings. The zero-order chi connectivity index (χ0) is 11.8. The van der Waals surface area contributed by atoms with Gasteiger partial charge in [0.15, 0.2) is 11.6 Å². The minimum absolute atomic E-state index is 0.0370. The first kappa shape index (κ1) is 14.0. The molecular weight excluding hydrogens is 232 g/mol. The zero-order valence-corrected chi connectivity index (χ0v) is 9.66. The van der Waals surface area contributed by atoms with Gasteiger partial charge in [0.25, 0.3) is 0 Å². The van der Waals surface area contributed by atoms with Gasteiger partial charge in [-0.05, 0) is 12.2 Å². The number of hydrogen-bond acceptors (Lipinski definition) is 5. The van der Waals surface area contributed by atoms with Crippen molar-refractivity contribution in [3.05, 3.63) is 25.3 Å². The highest BCUT2D eigenvalue weighted by molar-refractivity contribution is 7.82. The number of thiocarbonyl (C=S) groups is 2. The van der Waals surface area contributed by atoms with Crippen LogP contribution < -0.4 is 0 Å². The molecule has 0 amide bonds. The highest BCUT2D eigenvalue weighted by Crippen LogP contribution is 1.89. The van der Waals surface area contributed by atoms with E-state index in [9.17, 15) is 9.59 Å². The predicted molar refractivity (Wildman–Crippen MR) is 66.4 cm³/mol. The third kappa shape index (κ3) is 5.41. The first-order chi connectivity index (χ1) is 7.02. The summed E-state index contributed by atoms with van der Waals surface area (Å²) in [5.74, 6) is -0.711. The molecule has 0 aromatic heterocycles. The van der Waals surface area contributed by atoms with E-state index >= 15 is 0 Å². The van der Waals surface area contributed by atoms with Crippen molar-refractivity contribution in [1.29, 1.82) is 0 Å². The fourth-order valence-electron chi connectivity index (χ4n) is 0.606. The molecule has 3 nitrogen and oxygen atoms in total. The van der Waals surface area contributed by atoms with E-state index in [1.165, 1.54) is 0 Å². The van der Waals surface area contributed by atoms with E-state index in [2.05, 4.69) is 13.2 Å². The number of ketones is 2. The molecule has 80 valence electrons. The van der Waals surface area contributed by atoms with Gasteiger partial charge in [0.2, 0.25) is 0 Å². The van der Waals surface area contributed by atoms with Gasteiger partial charge < -0.3 is 4.74 Å². The topological polar surface area (TPSA) is 43.4 Å². The molecule has 0 fully saturated rings. The fourth-order valence-corrected chi connectivity index (χ4v) is 0.940. The molecule has 0 saturated carbocycles. The predicted octanol–water partition coefficient (Wildman–Crippen LogP) is 1.25. The Morgan fingerprint density at radius 2 is 1.33 bits per heavy atom. The Kier molecular flexibility index (Phi) is 6.77. The second-order valence-electron chi connectivity index (χ2n) is 2.48. The van der Waals surface area contributed by atoms with Crippen molar-refractivity contribution in [3.63, 3.8) is 0 Å². The highest BCUT2D eigenvalue weighted by atomic mass is 32.1. The van der Waals surface area contributed by atoms with E-state index < -0.39 is 0 Å². The normalized spacial score (nSPS) is 9.07. The van der Waals surface area contributed by atoms with Crippen LogP contribution in [0.1, 0.15) is 0 Å². The van der Waals surface area contributed by atoms with Crippen molar-refractivity contribution in [1.82, 2.24) is 0 Å². The molecule has 0 N–H and O–H groups in total. The van der Waals surface area contributed by atoms with Crippen LogP contribution in [-0.2, 0) is 14.3 Å². The van der Waals surface area contributed by atoms with E-state index in [4.69, 9.17) is 29.2 Å². The summed E-state index contributed by atoms with van der Waals surface area (Å²) in [4.78, 5) is 22.1. The van der Waals surface area contributed by atoms with Crippen molar-refractivity contribution in [2.75, 3.05) is 13.2 Å². The van der Waals surface area contributed by atoms with Gasteiger partial charge in [0, 0.05) is 0 Å². The number of allylic oxidation sites excluding steroid dienone is 2. The quantitative estimate of drug-likeness (QED) is 0.473. The molecule has 0 unspecified atom stereocenters. The summed E-state index contributed by atoms with van der Waals surface area (Å²) in [6, 6.07) is 0. The molecule has 0 aliphatic rings. The molecule has 0 bridgehead atoms. The van der Waals surface area contributed by atoms with Crippen LogP contribution in [0.25, 0.3) is 0 Å². The fraction of sp³-hybridized carbons (Fsp3) is 0.200. The van der Waals surface area contributed by atoms with Gasteiger partial charge in [0.1, 0.15) is 0 Å². The summed E-state index contributed by atoms with van der Waals surface area (Å²) in [5.41, 5.74) is 0. The maximum absolute atomic E-state index is 10.9. The summed E-state index contributed by atoms with van der Waals surface area (Å²) >= 11 is 9.46. The van der Waals surface area contributed by atoms with Crippen LogP contribution in [0.15, 0.2) is 25.3 Å². The first-order valence-electron chi connectivity index (χ1n) is 3.99. The Bertz CT molecular complexity index is 300. The molecule has 0 rings (SSSR count). The maximum Gasteiger partial charge on any atom is 0.194 e. The molecule has 0 aliphatic carbocycles. The standard InChI is InChI=1S/C10H10O3S2/c1-3-7(11)9(14)5-13-6-10(15)8(12)4-2/h3-4H,1-2,5-6H2. The molecule has 0 radical (unpaired) electrons. The van der Waals surface area contributed by atoms with Gasteiger partial charge >= 0.3 is 0 Å². The Morgan fingerprint density at radius 1 is 1.00 bits per heavy atom. The van der Waals surface area contributed by atoms with Crippen LogP contribution in [0, 0.1) is 0 Å². The number of carbonyl (C=O) groups excluding carboxylic acids is 2. The van der Waals surface area contributed by atoms with Gasteiger partial charge in [-0.1, -0.05) is 37.6 Å². The van der Waals surface area contributed by atoms with Crippen LogP contribution >= 0.6 is 24.4 Å². The lowest BCUT2D eigenvalue weighted by molar-refractivity contribution is -0.109. The smallest absolute Gasteiger partial charge is 0.194 e. The van der Waals surface area contributed by atoms with Crippen molar-refractivity contribution in [2.24, 2.45) is 0 Å². The molecule has 0 aromatic carbocycles. The van der Waals surface area contributed by atoms with Crippen LogP contribution in [0.3, 0.4) is 0 Å². The van der Waals surface area contributed by atoms with Gasteiger partial charge in [-0.15, -0.1) is 0 Å². The Labute approximate surface area is 98.8 Å². The Morgan fingerprint density at radius 3 is 1.60 bits per heavy atom. The summed E-state index contributed by atoms with van der Waals surface area (Å²) in [5, 5.41) is 0. The Hall–Kier alpha value is -1.04. The molecule has 0 heterocycles. The average Bonchev–Trinajstić information content (AvgIpc) is 2.26. The lowest BCUT2D eigenvalue weighted by Gasteiger charge is -2.02. The monoisotopic (exact) mass is 242 g/mol. The number of carbonyl (C=O) groups is 2. The largest absolute Gasteiger partial charge is 0.370 e. The number of ether oxygens (including phenoxy) is 1. The molecule has 0 saturated heterocycles. The maximum atomic E-state index is 10.9. The number of hydrogen-bond donors (Lipinski definition) is 0. The van der Waals surface area contributed by atoms with Gasteiger partial charge in [-0.3, -0.25) is 9.59 Å². The molecule has 0 spiro atoms.